The van der Waals surface area contributed by atoms with Crippen molar-refractivity contribution in [3.05, 3.63) is 0 Å². The number of aliphatic hydroxyl groups is 1. The molecule has 3 atom stereocenters. The molecule has 0 aromatic rings. The Bertz CT molecular complexity index is 158. The van der Waals surface area contributed by atoms with Crippen LogP contribution in [0.1, 0.15) is 6.42 Å². The third-order valence-corrected chi connectivity index (χ3v) is 2.99. The predicted molar refractivity (Wildman–Crippen MR) is 46.6 cm³/mol. The van der Waals surface area contributed by atoms with E-state index in [1.54, 1.807) is 0 Å². The first-order valence-corrected chi connectivity index (χ1v) is 4.55. The quantitative estimate of drug-likeness (QED) is 0.473. The van der Waals surface area contributed by atoms with Gasteiger partial charge < -0.3 is 10.8 Å². The maximum Gasteiger partial charge on any atom is 0.0701 e. The lowest BCUT2D eigenvalue weighted by atomic mass is 10.1. The number of fused-ring (bicyclic) bond motifs is 1. The Morgan fingerprint density at radius 1 is 1.33 bits per heavy atom. The van der Waals surface area contributed by atoms with Crippen molar-refractivity contribution in [1.29, 1.82) is 0 Å². The molecule has 2 heterocycles. The molecule has 0 spiro atoms. The highest BCUT2D eigenvalue weighted by Crippen LogP contribution is 2.22. The highest BCUT2D eigenvalue weighted by Gasteiger charge is 2.36. The monoisotopic (exact) mass is 171 g/mol. The molecule has 2 fully saturated rings. The van der Waals surface area contributed by atoms with Crippen LogP contribution in [0.5, 0.6) is 0 Å². The van der Waals surface area contributed by atoms with E-state index in [2.05, 4.69) is 9.80 Å². The van der Waals surface area contributed by atoms with Gasteiger partial charge in [0, 0.05) is 25.7 Å². The van der Waals surface area contributed by atoms with E-state index in [0.29, 0.717) is 6.04 Å². The van der Waals surface area contributed by atoms with Gasteiger partial charge in [-0.25, -0.2) is 0 Å². The minimum atomic E-state index is -0.131. The second-order valence-corrected chi connectivity index (χ2v) is 4.00. The Balaban J connectivity index is 2.01. The van der Waals surface area contributed by atoms with Gasteiger partial charge in [0.25, 0.3) is 0 Å². The molecule has 0 unspecified atom stereocenters. The Labute approximate surface area is 72.9 Å². The van der Waals surface area contributed by atoms with Crippen molar-refractivity contribution in [2.45, 2.75) is 24.7 Å². The molecule has 0 aromatic heterocycles. The first-order valence-electron chi connectivity index (χ1n) is 4.55. The largest absolute Gasteiger partial charge is 0.392 e. The summed E-state index contributed by atoms with van der Waals surface area (Å²) in [6, 6.07) is 0.532. The fraction of sp³-hybridized carbons (Fsp3) is 1.00. The lowest BCUT2D eigenvalue weighted by Crippen LogP contribution is -2.58. The van der Waals surface area contributed by atoms with E-state index < -0.39 is 0 Å². The van der Waals surface area contributed by atoms with Crippen LogP contribution in [0.2, 0.25) is 0 Å². The normalized spacial score (nSPS) is 44.8. The molecule has 2 aliphatic heterocycles. The third-order valence-electron chi connectivity index (χ3n) is 2.99. The van der Waals surface area contributed by atoms with Gasteiger partial charge in [-0.15, -0.1) is 0 Å². The molecular weight excluding hydrogens is 154 g/mol. The van der Waals surface area contributed by atoms with E-state index in [0.717, 1.165) is 26.1 Å². The van der Waals surface area contributed by atoms with Gasteiger partial charge in [0.2, 0.25) is 0 Å². The van der Waals surface area contributed by atoms with Crippen LogP contribution in [0, 0.1) is 0 Å². The van der Waals surface area contributed by atoms with Gasteiger partial charge in [0.1, 0.15) is 0 Å². The third kappa shape index (κ3) is 1.35. The van der Waals surface area contributed by atoms with Crippen LogP contribution in [0.4, 0.5) is 0 Å². The molecule has 2 aliphatic rings. The van der Waals surface area contributed by atoms with Crippen LogP contribution in [0.25, 0.3) is 0 Å². The summed E-state index contributed by atoms with van der Waals surface area (Å²) in [5.74, 6) is 0. The standard InChI is InChI=1S/C8H17N3O/c1-10-3-6-2-7(12)4-11(6)5-8(10)9/h6-8,12H,2-5,9H2,1H3/t6-,7+,8+/m0/s1. The molecule has 0 aliphatic carbocycles. The maximum absolute atomic E-state index is 9.43. The van der Waals surface area contributed by atoms with Gasteiger partial charge >= 0.3 is 0 Å². The molecule has 2 saturated heterocycles. The van der Waals surface area contributed by atoms with Gasteiger partial charge in [-0.2, -0.15) is 0 Å². The van der Waals surface area contributed by atoms with Crippen molar-refractivity contribution in [2.75, 3.05) is 26.7 Å². The van der Waals surface area contributed by atoms with Crippen LogP contribution in [0.3, 0.4) is 0 Å². The lowest BCUT2D eigenvalue weighted by molar-refractivity contribution is 0.0719. The number of hydrogen-bond acceptors (Lipinski definition) is 4. The first kappa shape index (κ1) is 8.44. The molecule has 0 radical (unpaired) electrons. The fourth-order valence-electron chi connectivity index (χ4n) is 2.22. The van der Waals surface area contributed by atoms with E-state index in [1.165, 1.54) is 0 Å². The second-order valence-electron chi connectivity index (χ2n) is 4.00. The van der Waals surface area contributed by atoms with Crippen LogP contribution < -0.4 is 5.73 Å². The fourth-order valence-corrected chi connectivity index (χ4v) is 2.22. The highest BCUT2D eigenvalue weighted by molar-refractivity contribution is 4.92. The van der Waals surface area contributed by atoms with Crippen LogP contribution in [-0.2, 0) is 0 Å². The number of hydrogen-bond donors (Lipinski definition) is 2. The Hall–Kier alpha value is -0.160. The molecule has 0 bridgehead atoms. The van der Waals surface area contributed by atoms with Gasteiger partial charge in [-0.1, -0.05) is 0 Å². The number of rotatable bonds is 0. The Morgan fingerprint density at radius 2 is 2.08 bits per heavy atom. The SMILES string of the molecule is CN1C[C@@H]2C[C@@H](O)CN2C[C@@H]1N. The molecule has 3 N–H and O–H groups in total. The van der Waals surface area contributed by atoms with Crippen molar-refractivity contribution in [3.63, 3.8) is 0 Å². The smallest absolute Gasteiger partial charge is 0.0701 e. The summed E-state index contributed by atoms with van der Waals surface area (Å²) < 4.78 is 0. The Morgan fingerprint density at radius 3 is 2.83 bits per heavy atom. The molecule has 0 aromatic carbocycles. The molecule has 70 valence electrons. The minimum absolute atomic E-state index is 0.131. The number of aliphatic hydroxyl groups excluding tert-OH is 1. The van der Waals surface area contributed by atoms with E-state index >= 15 is 0 Å². The van der Waals surface area contributed by atoms with E-state index in [9.17, 15) is 5.11 Å². The summed E-state index contributed by atoms with van der Waals surface area (Å²) in [5.41, 5.74) is 5.88. The topological polar surface area (TPSA) is 52.7 Å². The van der Waals surface area contributed by atoms with Crippen molar-refractivity contribution < 1.29 is 5.11 Å². The summed E-state index contributed by atoms with van der Waals surface area (Å²) in [5, 5.41) is 9.43. The van der Waals surface area contributed by atoms with Gasteiger partial charge in [0.05, 0.1) is 12.3 Å². The minimum Gasteiger partial charge on any atom is -0.392 e. The molecule has 12 heavy (non-hydrogen) atoms. The van der Waals surface area contributed by atoms with Gasteiger partial charge in [0.15, 0.2) is 0 Å². The van der Waals surface area contributed by atoms with Crippen molar-refractivity contribution in [1.82, 2.24) is 9.80 Å². The van der Waals surface area contributed by atoms with Gasteiger partial charge in [-0.3, -0.25) is 9.80 Å². The summed E-state index contributed by atoms with van der Waals surface area (Å²) in [6.45, 7) is 2.71. The average Bonchev–Trinajstić information content (AvgIpc) is 2.30. The van der Waals surface area contributed by atoms with Crippen LogP contribution in [0.15, 0.2) is 0 Å². The molecule has 0 amide bonds. The molecule has 4 nitrogen and oxygen atoms in total. The zero-order chi connectivity index (χ0) is 8.72. The molecular formula is C8H17N3O. The summed E-state index contributed by atoms with van der Waals surface area (Å²) >= 11 is 0. The summed E-state index contributed by atoms with van der Waals surface area (Å²) in [7, 11) is 2.05. The summed E-state index contributed by atoms with van der Waals surface area (Å²) in [6.07, 6.45) is 0.928. The molecule has 0 saturated carbocycles. The van der Waals surface area contributed by atoms with Crippen LogP contribution in [-0.4, -0.2) is 59.9 Å². The zero-order valence-corrected chi connectivity index (χ0v) is 7.48. The number of nitrogens with zero attached hydrogens (tertiary/aromatic N) is 2. The lowest BCUT2D eigenvalue weighted by Gasteiger charge is -2.39. The summed E-state index contributed by atoms with van der Waals surface area (Å²) in [4.78, 5) is 4.47. The Kier molecular flexibility index (Phi) is 2.08. The first-order chi connectivity index (χ1) is 5.66. The van der Waals surface area contributed by atoms with Crippen molar-refractivity contribution >= 4 is 0 Å². The second kappa shape index (κ2) is 2.96. The van der Waals surface area contributed by atoms with Crippen molar-refractivity contribution in [2.24, 2.45) is 5.73 Å². The predicted octanol–water partition coefficient (Wildman–Crippen LogP) is -1.35. The number of likely N-dealkylation sites (N-methyl/N-ethyl adjacent to an activating group) is 1. The van der Waals surface area contributed by atoms with E-state index in [1.807, 2.05) is 7.05 Å². The average molecular weight is 171 g/mol. The molecule has 4 heteroatoms. The molecule has 2 rings (SSSR count). The maximum atomic E-state index is 9.43. The number of piperazine rings is 1. The highest BCUT2D eigenvalue weighted by atomic mass is 16.3. The van der Waals surface area contributed by atoms with E-state index in [4.69, 9.17) is 5.73 Å². The van der Waals surface area contributed by atoms with Gasteiger partial charge in [-0.05, 0) is 13.5 Å². The van der Waals surface area contributed by atoms with Crippen LogP contribution >= 0.6 is 0 Å². The van der Waals surface area contributed by atoms with Crippen molar-refractivity contribution in [3.8, 4) is 0 Å². The van der Waals surface area contributed by atoms with E-state index in [-0.39, 0.29) is 12.3 Å². The number of nitrogens with two attached hydrogens (primary N) is 1. The zero-order valence-electron chi connectivity index (χ0n) is 7.48.